The quantitative estimate of drug-likeness (QED) is 0.643. The van der Waals surface area contributed by atoms with Gasteiger partial charge in [-0.3, -0.25) is 0 Å². The van der Waals surface area contributed by atoms with Gasteiger partial charge >= 0.3 is 0 Å². The number of benzene rings is 2. The van der Waals surface area contributed by atoms with Crippen molar-refractivity contribution in [2.24, 2.45) is 0 Å². The molecule has 0 aliphatic rings. The summed E-state index contributed by atoms with van der Waals surface area (Å²) in [7, 11) is 0. The minimum Gasteiger partial charge on any atom is -0.0616 e. The van der Waals surface area contributed by atoms with Crippen molar-refractivity contribution in [1.29, 1.82) is 0 Å². The summed E-state index contributed by atoms with van der Waals surface area (Å²) < 4.78 is 2.41. The smallest absolute Gasteiger partial charge is 0.0286 e. The van der Waals surface area contributed by atoms with E-state index in [0.29, 0.717) is 0 Å². The molecule has 0 aliphatic heterocycles. The van der Waals surface area contributed by atoms with E-state index in [2.05, 4.69) is 70.0 Å². The Morgan fingerprint density at radius 3 is 1.50 bits per heavy atom. The number of hydrogen-bond acceptors (Lipinski definition) is 0. The Balaban J connectivity index is 3.02. The monoisotopic (exact) mass is 312 g/mol. The topological polar surface area (TPSA) is 0 Å². The van der Waals surface area contributed by atoms with Gasteiger partial charge in [-0.25, -0.2) is 0 Å². The molecule has 72 valence electrons. The number of hydrogen-bond donors (Lipinski definition) is 0. The van der Waals surface area contributed by atoms with Crippen molar-refractivity contribution in [3.63, 3.8) is 0 Å². The van der Waals surface area contributed by atoms with E-state index in [1.54, 1.807) is 0 Å². The van der Waals surface area contributed by atoms with E-state index < -0.39 is 0 Å². The van der Waals surface area contributed by atoms with Crippen molar-refractivity contribution >= 4 is 42.6 Å². The van der Waals surface area contributed by atoms with Crippen molar-refractivity contribution in [2.75, 3.05) is 0 Å². The number of halogens is 2. The summed E-state index contributed by atoms with van der Waals surface area (Å²) in [6.07, 6.45) is 0. The van der Waals surface area contributed by atoms with Crippen LogP contribution in [0.5, 0.6) is 0 Å². The molecular weight excluding hydrogens is 304 g/mol. The van der Waals surface area contributed by atoms with Crippen molar-refractivity contribution in [2.45, 2.75) is 13.8 Å². The van der Waals surface area contributed by atoms with Crippen LogP contribution in [0.4, 0.5) is 0 Å². The zero-order valence-corrected chi connectivity index (χ0v) is 11.2. The molecule has 0 bridgehead atoms. The first-order valence-corrected chi connectivity index (χ1v) is 6.04. The maximum atomic E-state index is 3.64. The average Bonchev–Trinajstić information content (AvgIpc) is 2.23. The highest BCUT2D eigenvalue weighted by molar-refractivity contribution is 9.11. The summed E-state index contributed by atoms with van der Waals surface area (Å²) in [6, 6.07) is 8.40. The van der Waals surface area contributed by atoms with E-state index in [1.807, 2.05) is 0 Å². The highest BCUT2D eigenvalue weighted by Gasteiger charge is 2.09. The van der Waals surface area contributed by atoms with E-state index in [0.717, 1.165) is 0 Å². The lowest BCUT2D eigenvalue weighted by Gasteiger charge is -2.11. The maximum absolute atomic E-state index is 3.64. The van der Waals surface area contributed by atoms with Gasteiger partial charge in [-0.1, -0.05) is 24.3 Å². The first-order valence-electron chi connectivity index (χ1n) is 4.46. The Kier molecular flexibility index (Phi) is 2.67. The third-order valence-electron chi connectivity index (χ3n) is 2.62. The fraction of sp³-hybridized carbons (Fsp3) is 0.167. The molecule has 2 aromatic carbocycles. The van der Waals surface area contributed by atoms with Gasteiger partial charge in [0, 0.05) is 8.95 Å². The first kappa shape index (κ1) is 10.2. The van der Waals surface area contributed by atoms with Crippen LogP contribution >= 0.6 is 31.9 Å². The van der Waals surface area contributed by atoms with E-state index in [4.69, 9.17) is 0 Å². The van der Waals surface area contributed by atoms with Crippen LogP contribution in [-0.2, 0) is 0 Å². The fourth-order valence-electron chi connectivity index (χ4n) is 1.60. The third kappa shape index (κ3) is 1.41. The summed E-state index contributed by atoms with van der Waals surface area (Å²) in [5, 5.41) is 2.53. The van der Waals surface area contributed by atoms with E-state index in [-0.39, 0.29) is 0 Å². The van der Waals surface area contributed by atoms with Crippen LogP contribution in [0.1, 0.15) is 11.1 Å². The Morgan fingerprint density at radius 1 is 0.786 bits per heavy atom. The molecule has 0 amide bonds. The largest absolute Gasteiger partial charge is 0.0616 e. The summed E-state index contributed by atoms with van der Waals surface area (Å²) in [4.78, 5) is 0. The van der Waals surface area contributed by atoms with Gasteiger partial charge in [-0.05, 0) is 67.6 Å². The molecule has 0 spiro atoms. The molecule has 0 atom stereocenters. The summed E-state index contributed by atoms with van der Waals surface area (Å²) >= 11 is 7.29. The number of rotatable bonds is 0. The molecule has 2 heteroatoms. The van der Waals surface area contributed by atoms with Crippen molar-refractivity contribution in [3.8, 4) is 0 Å². The van der Waals surface area contributed by atoms with E-state index >= 15 is 0 Å². The van der Waals surface area contributed by atoms with Gasteiger partial charge in [-0.2, -0.15) is 0 Å². The second-order valence-corrected chi connectivity index (χ2v) is 5.01. The molecule has 0 saturated heterocycles. The summed E-state index contributed by atoms with van der Waals surface area (Å²) in [6.45, 7) is 4.27. The first-order chi connectivity index (χ1) is 6.63. The molecule has 0 N–H and O–H groups in total. The van der Waals surface area contributed by atoms with Crippen LogP contribution in [0.3, 0.4) is 0 Å². The molecule has 0 fully saturated rings. The minimum absolute atomic E-state index is 1.20. The lowest BCUT2D eigenvalue weighted by Crippen LogP contribution is -1.87. The predicted octanol–water partition coefficient (Wildman–Crippen LogP) is 4.98. The predicted molar refractivity (Wildman–Crippen MR) is 68.8 cm³/mol. The lowest BCUT2D eigenvalue weighted by molar-refractivity contribution is 1.32. The van der Waals surface area contributed by atoms with Crippen molar-refractivity contribution in [3.05, 3.63) is 44.3 Å². The van der Waals surface area contributed by atoms with Crippen molar-refractivity contribution in [1.82, 2.24) is 0 Å². The summed E-state index contributed by atoms with van der Waals surface area (Å²) in [5.74, 6) is 0. The van der Waals surface area contributed by atoms with E-state index in [1.165, 1.54) is 30.8 Å². The molecule has 0 aromatic heterocycles. The zero-order chi connectivity index (χ0) is 10.3. The highest BCUT2D eigenvalue weighted by Crippen LogP contribution is 2.36. The minimum atomic E-state index is 1.20. The molecule has 0 nitrogen and oxygen atoms in total. The van der Waals surface area contributed by atoms with Crippen LogP contribution in [-0.4, -0.2) is 0 Å². The van der Waals surface area contributed by atoms with Gasteiger partial charge in [0.2, 0.25) is 0 Å². The van der Waals surface area contributed by atoms with Gasteiger partial charge in [-0.15, -0.1) is 0 Å². The second-order valence-electron chi connectivity index (χ2n) is 3.42. The molecule has 0 unspecified atom stereocenters. The molecule has 0 aliphatic carbocycles. The molecule has 0 radical (unpaired) electrons. The van der Waals surface area contributed by atoms with Crippen LogP contribution in [0.2, 0.25) is 0 Å². The van der Waals surface area contributed by atoms with Crippen LogP contribution in [0.15, 0.2) is 33.2 Å². The molecule has 0 heterocycles. The average molecular weight is 314 g/mol. The fourth-order valence-corrected chi connectivity index (χ4v) is 2.89. The maximum Gasteiger partial charge on any atom is 0.0286 e. The van der Waals surface area contributed by atoms with Crippen LogP contribution in [0, 0.1) is 13.8 Å². The SMILES string of the molecule is Cc1c(C)c(Br)c2ccccc2c1Br. The third-order valence-corrected chi connectivity index (χ3v) is 4.66. The van der Waals surface area contributed by atoms with Gasteiger partial charge in [0.1, 0.15) is 0 Å². The molecule has 2 rings (SSSR count). The van der Waals surface area contributed by atoms with E-state index in [9.17, 15) is 0 Å². The Bertz CT molecular complexity index is 455. The summed E-state index contributed by atoms with van der Waals surface area (Å²) in [5.41, 5.74) is 2.60. The Labute approximate surface area is 101 Å². The van der Waals surface area contributed by atoms with Gasteiger partial charge in [0.05, 0.1) is 0 Å². The molecule has 14 heavy (non-hydrogen) atoms. The molecule has 0 saturated carbocycles. The number of fused-ring (bicyclic) bond motifs is 1. The van der Waals surface area contributed by atoms with Crippen molar-refractivity contribution < 1.29 is 0 Å². The lowest BCUT2D eigenvalue weighted by atomic mass is 10.0. The standard InChI is InChI=1S/C12H10Br2/c1-7-8(2)12(14)10-6-4-3-5-9(10)11(7)13/h3-6H,1-2H3. The molecule has 2 aromatic rings. The van der Waals surface area contributed by atoms with Gasteiger partial charge < -0.3 is 0 Å². The zero-order valence-electron chi connectivity index (χ0n) is 8.07. The van der Waals surface area contributed by atoms with Crippen LogP contribution < -0.4 is 0 Å². The Morgan fingerprint density at radius 2 is 1.14 bits per heavy atom. The molecular formula is C12H10Br2. The normalized spacial score (nSPS) is 10.9. The second kappa shape index (κ2) is 3.67. The van der Waals surface area contributed by atoms with Crippen LogP contribution in [0.25, 0.3) is 10.8 Å². The Hall–Kier alpha value is -0.340. The van der Waals surface area contributed by atoms with Gasteiger partial charge in [0.25, 0.3) is 0 Å². The van der Waals surface area contributed by atoms with Gasteiger partial charge in [0.15, 0.2) is 0 Å². The highest BCUT2D eigenvalue weighted by atomic mass is 79.9.